The molecule has 0 amide bonds. The van der Waals surface area contributed by atoms with Crippen molar-refractivity contribution in [2.75, 3.05) is 0 Å². The van der Waals surface area contributed by atoms with Crippen LogP contribution in [0.2, 0.25) is 0 Å². The zero-order chi connectivity index (χ0) is 17.5. The molecule has 0 spiro atoms. The number of ketones is 1. The molecule has 5 rings (SSSR count). The Morgan fingerprint density at radius 1 is 1.12 bits per heavy atom. The van der Waals surface area contributed by atoms with Crippen molar-refractivity contribution < 1.29 is 4.79 Å². The van der Waals surface area contributed by atoms with E-state index < -0.39 is 0 Å². The van der Waals surface area contributed by atoms with Gasteiger partial charge in [0.2, 0.25) is 0 Å². The van der Waals surface area contributed by atoms with Crippen molar-refractivity contribution in [3.8, 4) is 0 Å². The van der Waals surface area contributed by atoms with Crippen LogP contribution in [0.5, 0.6) is 0 Å². The van der Waals surface area contributed by atoms with E-state index in [0.717, 1.165) is 22.9 Å². The number of carbonyl (C=O) groups excluding carboxylic acids is 1. The van der Waals surface area contributed by atoms with Crippen LogP contribution in [0.4, 0.5) is 0 Å². The van der Waals surface area contributed by atoms with Gasteiger partial charge in [0.15, 0.2) is 5.78 Å². The van der Waals surface area contributed by atoms with Crippen LogP contribution in [0.3, 0.4) is 0 Å². The fourth-order valence-corrected chi connectivity index (χ4v) is 4.00. The van der Waals surface area contributed by atoms with E-state index in [1.807, 2.05) is 24.3 Å². The molecular weight excluding hydrogens is 318 g/mol. The number of nitrogens with zero attached hydrogens (tertiary/aromatic N) is 1. The molecule has 0 bridgehead atoms. The summed E-state index contributed by atoms with van der Waals surface area (Å²) in [4.78, 5) is 17.0. The van der Waals surface area contributed by atoms with Crippen molar-refractivity contribution in [3.05, 3.63) is 101 Å². The molecule has 0 N–H and O–H groups in total. The first-order chi connectivity index (χ1) is 12.8. The lowest BCUT2D eigenvalue weighted by Gasteiger charge is -2.25. The van der Waals surface area contributed by atoms with Gasteiger partial charge in [0.1, 0.15) is 0 Å². The van der Waals surface area contributed by atoms with Crippen LogP contribution in [-0.4, -0.2) is 10.8 Å². The monoisotopic (exact) mass is 335 g/mol. The maximum atomic E-state index is 12.9. The van der Waals surface area contributed by atoms with Crippen LogP contribution in [0, 0.1) is 0 Å². The molecule has 0 saturated carbocycles. The molecule has 0 saturated heterocycles. The highest BCUT2D eigenvalue weighted by molar-refractivity contribution is 6.16. The molecule has 26 heavy (non-hydrogen) atoms. The number of aromatic nitrogens is 1. The Hall–Kier alpha value is -3.26. The molecule has 2 aliphatic rings. The number of hydrogen-bond donors (Lipinski definition) is 0. The van der Waals surface area contributed by atoms with E-state index in [1.54, 1.807) is 18.5 Å². The molecule has 1 heterocycles. The smallest absolute Gasteiger partial charge is 0.186 e. The van der Waals surface area contributed by atoms with Gasteiger partial charge in [-0.2, -0.15) is 0 Å². The summed E-state index contributed by atoms with van der Waals surface area (Å²) in [7, 11) is 0. The highest BCUT2D eigenvalue weighted by atomic mass is 16.1. The molecule has 3 aromatic rings. The highest BCUT2D eigenvalue weighted by Gasteiger charge is 2.23. The minimum atomic E-state index is 0.0257. The first kappa shape index (κ1) is 15.0. The molecule has 1 unspecified atom stereocenters. The first-order valence-corrected chi connectivity index (χ1v) is 8.87. The van der Waals surface area contributed by atoms with Crippen molar-refractivity contribution in [3.63, 3.8) is 0 Å². The van der Waals surface area contributed by atoms with Gasteiger partial charge in [0.05, 0.1) is 0 Å². The second kappa shape index (κ2) is 5.92. The molecule has 0 aliphatic heterocycles. The van der Waals surface area contributed by atoms with E-state index in [1.165, 1.54) is 22.1 Å². The fraction of sp³-hybridized carbons (Fsp3) is 0.0833. The Kier molecular flexibility index (Phi) is 3.42. The summed E-state index contributed by atoms with van der Waals surface area (Å²) in [5.74, 6) is 0.351. The average Bonchev–Trinajstić information content (AvgIpc) is 2.71. The standard InChI is InChI=1S/C24H17NO/c26-22(13-6-16-3-2-14-25-15-16)20-11-9-19-8-7-17-4-1-5-18-10-12-21(20)24(19)23(17)18/h1-4,6-15,17H,5H2/b13-6+. The van der Waals surface area contributed by atoms with Gasteiger partial charge in [-0.3, -0.25) is 9.78 Å². The minimum absolute atomic E-state index is 0.0257. The summed E-state index contributed by atoms with van der Waals surface area (Å²) in [6.07, 6.45) is 16.8. The molecule has 2 heteroatoms. The lowest BCUT2D eigenvalue weighted by Crippen LogP contribution is -2.09. The predicted molar refractivity (Wildman–Crippen MR) is 106 cm³/mol. The number of carbonyl (C=O) groups is 1. The largest absolute Gasteiger partial charge is 0.289 e. The van der Waals surface area contributed by atoms with E-state index in [2.05, 4.69) is 47.5 Å². The third kappa shape index (κ3) is 2.34. The molecule has 0 radical (unpaired) electrons. The number of hydrogen-bond acceptors (Lipinski definition) is 2. The van der Waals surface area contributed by atoms with E-state index in [-0.39, 0.29) is 5.78 Å². The average molecular weight is 335 g/mol. The van der Waals surface area contributed by atoms with Crippen molar-refractivity contribution in [1.29, 1.82) is 0 Å². The van der Waals surface area contributed by atoms with Gasteiger partial charge in [0.25, 0.3) is 0 Å². The summed E-state index contributed by atoms with van der Waals surface area (Å²) in [5.41, 5.74) is 5.62. The Morgan fingerprint density at radius 3 is 2.96 bits per heavy atom. The van der Waals surface area contributed by atoms with E-state index in [0.29, 0.717) is 5.92 Å². The summed E-state index contributed by atoms with van der Waals surface area (Å²) in [6, 6.07) is 12.1. The zero-order valence-electron chi connectivity index (χ0n) is 14.2. The van der Waals surface area contributed by atoms with E-state index >= 15 is 0 Å². The van der Waals surface area contributed by atoms with Gasteiger partial charge in [-0.1, -0.05) is 48.6 Å². The van der Waals surface area contributed by atoms with Crippen molar-refractivity contribution in [2.24, 2.45) is 0 Å². The van der Waals surface area contributed by atoms with Crippen molar-refractivity contribution in [2.45, 2.75) is 12.3 Å². The van der Waals surface area contributed by atoms with Gasteiger partial charge >= 0.3 is 0 Å². The van der Waals surface area contributed by atoms with Gasteiger partial charge < -0.3 is 0 Å². The van der Waals surface area contributed by atoms with Gasteiger partial charge in [-0.15, -0.1) is 0 Å². The normalized spacial score (nSPS) is 17.2. The Morgan fingerprint density at radius 2 is 2.08 bits per heavy atom. The predicted octanol–water partition coefficient (Wildman–Crippen LogP) is 5.35. The maximum absolute atomic E-state index is 12.9. The zero-order valence-corrected chi connectivity index (χ0v) is 14.2. The third-order valence-electron chi connectivity index (χ3n) is 5.22. The van der Waals surface area contributed by atoms with Gasteiger partial charge in [0, 0.05) is 23.9 Å². The topological polar surface area (TPSA) is 30.0 Å². The molecular formula is C24H17NO. The Labute approximate surface area is 152 Å². The molecule has 2 nitrogen and oxygen atoms in total. The lowest BCUT2D eigenvalue weighted by molar-refractivity contribution is 0.104. The maximum Gasteiger partial charge on any atom is 0.186 e. The number of benzene rings is 2. The van der Waals surface area contributed by atoms with Gasteiger partial charge in [-0.05, 0) is 63.7 Å². The van der Waals surface area contributed by atoms with Crippen LogP contribution in [0.1, 0.15) is 38.5 Å². The Balaban J connectivity index is 1.64. The minimum Gasteiger partial charge on any atom is -0.289 e. The highest BCUT2D eigenvalue weighted by Crippen LogP contribution is 2.41. The van der Waals surface area contributed by atoms with Crippen LogP contribution in [0.25, 0.3) is 22.9 Å². The van der Waals surface area contributed by atoms with E-state index in [4.69, 9.17) is 0 Å². The second-order valence-corrected chi connectivity index (χ2v) is 6.76. The van der Waals surface area contributed by atoms with Crippen LogP contribution in [-0.2, 0) is 6.42 Å². The molecule has 2 aliphatic carbocycles. The number of allylic oxidation sites excluding steroid dienone is 4. The fourth-order valence-electron chi connectivity index (χ4n) is 4.00. The Bertz CT molecular complexity index is 1120. The lowest BCUT2D eigenvalue weighted by atomic mass is 9.78. The van der Waals surface area contributed by atoms with Crippen LogP contribution >= 0.6 is 0 Å². The molecule has 0 fully saturated rings. The molecule has 1 atom stereocenters. The second-order valence-electron chi connectivity index (χ2n) is 6.76. The molecule has 1 aromatic heterocycles. The van der Waals surface area contributed by atoms with Gasteiger partial charge in [-0.25, -0.2) is 0 Å². The summed E-state index contributed by atoms with van der Waals surface area (Å²) in [5, 5.41) is 2.28. The molecule has 124 valence electrons. The number of rotatable bonds is 3. The van der Waals surface area contributed by atoms with Crippen molar-refractivity contribution in [1.82, 2.24) is 4.98 Å². The first-order valence-electron chi connectivity index (χ1n) is 8.87. The van der Waals surface area contributed by atoms with E-state index in [9.17, 15) is 4.79 Å². The quantitative estimate of drug-likeness (QED) is 0.367. The van der Waals surface area contributed by atoms with Crippen LogP contribution in [0.15, 0.2) is 73.1 Å². The number of pyridine rings is 1. The SMILES string of the molecule is O=C(/C=C/c1cccnc1)c1ccc2c3c4c(ccc13)CC=CC4C=C2. The third-order valence-corrected chi connectivity index (χ3v) is 5.22. The summed E-state index contributed by atoms with van der Waals surface area (Å²) >= 11 is 0. The summed E-state index contributed by atoms with van der Waals surface area (Å²) in [6.45, 7) is 0. The summed E-state index contributed by atoms with van der Waals surface area (Å²) < 4.78 is 0. The van der Waals surface area contributed by atoms with Crippen molar-refractivity contribution >= 4 is 28.7 Å². The van der Waals surface area contributed by atoms with Crippen LogP contribution < -0.4 is 0 Å². The molecule has 2 aromatic carbocycles.